The van der Waals surface area contributed by atoms with Gasteiger partial charge in [0.05, 0.1) is 7.11 Å². The van der Waals surface area contributed by atoms with Gasteiger partial charge in [0, 0.05) is 5.92 Å². The summed E-state index contributed by atoms with van der Waals surface area (Å²) in [5.41, 5.74) is 0. The Bertz CT molecular complexity index is 221. The fraction of sp³-hybridized carbons (Fsp3) is 0.778. The lowest BCUT2D eigenvalue weighted by molar-refractivity contribution is -0.150. The van der Waals surface area contributed by atoms with Crippen molar-refractivity contribution in [2.45, 2.75) is 18.9 Å². The first-order valence-electron chi connectivity index (χ1n) is 4.36. The Labute approximate surface area is 77.8 Å². The summed E-state index contributed by atoms with van der Waals surface area (Å²) in [4.78, 5) is 24.5. The monoisotopic (exact) mass is 185 g/mol. The largest absolute Gasteiger partial charge is 0.468 e. The van der Waals surface area contributed by atoms with Crippen LogP contribution < -0.4 is 0 Å². The molecule has 13 heavy (non-hydrogen) atoms. The van der Waals surface area contributed by atoms with E-state index in [9.17, 15) is 9.59 Å². The minimum Gasteiger partial charge on any atom is -0.468 e. The van der Waals surface area contributed by atoms with Crippen molar-refractivity contribution in [3.8, 4) is 0 Å². The maximum absolute atomic E-state index is 11.6. The highest BCUT2D eigenvalue weighted by atomic mass is 16.5. The number of hydrogen-bond donors (Lipinski definition) is 0. The van der Waals surface area contributed by atoms with Crippen LogP contribution in [-0.4, -0.2) is 43.9 Å². The zero-order valence-corrected chi connectivity index (χ0v) is 8.24. The fourth-order valence-electron chi connectivity index (χ4n) is 1.28. The van der Waals surface area contributed by atoms with Crippen molar-refractivity contribution < 1.29 is 14.3 Å². The Balaban J connectivity index is 2.65. The number of ether oxygens (including phenoxy) is 1. The van der Waals surface area contributed by atoms with E-state index in [0.717, 1.165) is 12.8 Å². The summed E-state index contributed by atoms with van der Waals surface area (Å²) in [6.07, 6.45) is 1.83. The predicted octanol–water partition coefficient (Wildman–Crippen LogP) is 0.0687. The first kappa shape index (κ1) is 10.2. The number of Topliss-reactive ketones (excluding diaryl/α,β-unsaturated/α-hetero) is 1. The molecule has 0 aliphatic heterocycles. The molecule has 0 bridgehead atoms. The molecule has 1 saturated carbocycles. The van der Waals surface area contributed by atoms with E-state index >= 15 is 0 Å². The van der Waals surface area contributed by atoms with E-state index in [1.54, 1.807) is 19.0 Å². The van der Waals surface area contributed by atoms with Crippen LogP contribution >= 0.6 is 0 Å². The van der Waals surface area contributed by atoms with Crippen LogP contribution in [0.2, 0.25) is 0 Å². The van der Waals surface area contributed by atoms with Crippen molar-refractivity contribution in [1.29, 1.82) is 0 Å². The normalized spacial score (nSPS) is 18.5. The third kappa shape index (κ3) is 2.28. The van der Waals surface area contributed by atoms with Gasteiger partial charge in [0.25, 0.3) is 0 Å². The van der Waals surface area contributed by atoms with Crippen LogP contribution in [0.1, 0.15) is 12.8 Å². The third-order valence-electron chi connectivity index (χ3n) is 2.19. The summed E-state index contributed by atoms with van der Waals surface area (Å²) >= 11 is 0. The molecule has 0 aromatic rings. The highest BCUT2D eigenvalue weighted by molar-refractivity contribution is 6.04. The Morgan fingerprint density at radius 1 is 1.38 bits per heavy atom. The second-order valence-corrected chi connectivity index (χ2v) is 3.57. The molecular weight excluding hydrogens is 170 g/mol. The molecule has 74 valence electrons. The Morgan fingerprint density at radius 3 is 2.23 bits per heavy atom. The van der Waals surface area contributed by atoms with E-state index in [2.05, 4.69) is 4.74 Å². The first-order chi connectivity index (χ1) is 6.07. The van der Waals surface area contributed by atoms with E-state index in [-0.39, 0.29) is 11.7 Å². The number of nitrogens with zero attached hydrogens (tertiary/aromatic N) is 1. The van der Waals surface area contributed by atoms with Gasteiger partial charge in [-0.3, -0.25) is 9.69 Å². The molecule has 0 spiro atoms. The molecule has 0 saturated heterocycles. The molecule has 0 radical (unpaired) electrons. The summed E-state index contributed by atoms with van der Waals surface area (Å²) in [5.74, 6) is -0.370. The first-order valence-corrected chi connectivity index (χ1v) is 4.36. The standard InChI is InChI=1S/C9H15NO3/c1-10(2)7(9(12)13-3)8(11)6-4-5-6/h6-7H,4-5H2,1-3H3. The van der Waals surface area contributed by atoms with Gasteiger partial charge in [-0.2, -0.15) is 0 Å². The minimum atomic E-state index is -0.711. The zero-order valence-electron chi connectivity index (χ0n) is 8.24. The predicted molar refractivity (Wildman–Crippen MR) is 47.2 cm³/mol. The number of likely N-dealkylation sites (N-methyl/N-ethyl adjacent to an activating group) is 1. The molecule has 0 aromatic heterocycles. The molecule has 0 N–H and O–H groups in total. The van der Waals surface area contributed by atoms with E-state index < -0.39 is 12.0 Å². The van der Waals surface area contributed by atoms with Crippen molar-refractivity contribution in [2.75, 3.05) is 21.2 Å². The third-order valence-corrected chi connectivity index (χ3v) is 2.19. The molecule has 4 heteroatoms. The number of esters is 1. The van der Waals surface area contributed by atoms with Gasteiger partial charge in [0.1, 0.15) is 0 Å². The molecule has 1 aliphatic rings. The Hall–Kier alpha value is -0.900. The molecule has 1 fully saturated rings. The molecule has 4 nitrogen and oxygen atoms in total. The molecule has 0 aromatic carbocycles. The van der Waals surface area contributed by atoms with Gasteiger partial charge >= 0.3 is 5.97 Å². The smallest absolute Gasteiger partial charge is 0.330 e. The number of hydrogen-bond acceptors (Lipinski definition) is 4. The number of rotatable bonds is 4. The van der Waals surface area contributed by atoms with Gasteiger partial charge in [-0.25, -0.2) is 4.79 Å². The van der Waals surface area contributed by atoms with Crippen molar-refractivity contribution >= 4 is 11.8 Å². The van der Waals surface area contributed by atoms with Crippen molar-refractivity contribution in [1.82, 2.24) is 4.90 Å². The summed E-state index contributed by atoms with van der Waals surface area (Å²) in [6, 6.07) is -0.711. The summed E-state index contributed by atoms with van der Waals surface area (Å²) in [7, 11) is 4.72. The van der Waals surface area contributed by atoms with Gasteiger partial charge < -0.3 is 4.74 Å². The Kier molecular flexibility index (Phi) is 3.03. The molecule has 1 aliphatic carbocycles. The minimum absolute atomic E-state index is 0.00292. The summed E-state index contributed by atoms with van der Waals surface area (Å²) < 4.78 is 4.57. The van der Waals surface area contributed by atoms with Crippen LogP contribution in [0, 0.1) is 5.92 Å². The second kappa shape index (κ2) is 3.87. The van der Waals surface area contributed by atoms with E-state index in [1.807, 2.05) is 0 Å². The van der Waals surface area contributed by atoms with Gasteiger partial charge in [0.2, 0.25) is 0 Å². The highest BCUT2D eigenvalue weighted by Gasteiger charge is 2.39. The topological polar surface area (TPSA) is 46.6 Å². The molecule has 1 atom stereocenters. The van der Waals surface area contributed by atoms with E-state index in [4.69, 9.17) is 0 Å². The maximum Gasteiger partial charge on any atom is 0.330 e. The van der Waals surface area contributed by atoms with Crippen molar-refractivity contribution in [3.63, 3.8) is 0 Å². The lowest BCUT2D eigenvalue weighted by atomic mass is 10.1. The van der Waals surface area contributed by atoms with Gasteiger partial charge in [-0.15, -0.1) is 0 Å². The second-order valence-electron chi connectivity index (χ2n) is 3.57. The van der Waals surface area contributed by atoms with Gasteiger partial charge in [0.15, 0.2) is 11.8 Å². The van der Waals surface area contributed by atoms with Crippen LogP contribution in [-0.2, 0) is 14.3 Å². The van der Waals surface area contributed by atoms with Crippen LogP contribution in [0.25, 0.3) is 0 Å². The van der Waals surface area contributed by atoms with Crippen LogP contribution in [0.15, 0.2) is 0 Å². The average Bonchev–Trinajstić information content (AvgIpc) is 2.85. The number of ketones is 1. The van der Waals surface area contributed by atoms with Gasteiger partial charge in [-0.1, -0.05) is 0 Å². The van der Waals surface area contributed by atoms with Crippen LogP contribution in [0.3, 0.4) is 0 Å². The SMILES string of the molecule is COC(=O)C(C(=O)C1CC1)N(C)C. The summed E-state index contributed by atoms with van der Waals surface area (Å²) in [5, 5.41) is 0. The molecule has 1 rings (SSSR count). The zero-order chi connectivity index (χ0) is 10.0. The number of carbonyl (C=O) groups excluding carboxylic acids is 2. The van der Waals surface area contributed by atoms with Gasteiger partial charge in [-0.05, 0) is 26.9 Å². The number of carbonyl (C=O) groups is 2. The molecule has 0 amide bonds. The highest BCUT2D eigenvalue weighted by Crippen LogP contribution is 2.31. The molecule has 1 unspecified atom stereocenters. The molecular formula is C9H15NO3. The van der Waals surface area contributed by atoms with Crippen LogP contribution in [0.4, 0.5) is 0 Å². The quantitative estimate of drug-likeness (QED) is 0.459. The van der Waals surface area contributed by atoms with Crippen LogP contribution in [0.5, 0.6) is 0 Å². The van der Waals surface area contributed by atoms with Crippen molar-refractivity contribution in [2.24, 2.45) is 5.92 Å². The fourth-order valence-corrected chi connectivity index (χ4v) is 1.28. The maximum atomic E-state index is 11.6. The molecule has 0 heterocycles. The summed E-state index contributed by atoms with van der Waals surface area (Å²) in [6.45, 7) is 0. The lowest BCUT2D eigenvalue weighted by Gasteiger charge is -2.19. The Morgan fingerprint density at radius 2 is 1.92 bits per heavy atom. The van der Waals surface area contributed by atoms with E-state index in [0.29, 0.717) is 0 Å². The van der Waals surface area contributed by atoms with E-state index in [1.165, 1.54) is 7.11 Å². The average molecular weight is 185 g/mol. The lowest BCUT2D eigenvalue weighted by Crippen LogP contribution is -2.44. The van der Waals surface area contributed by atoms with Crippen molar-refractivity contribution in [3.05, 3.63) is 0 Å². The number of methoxy groups -OCH3 is 1.